The van der Waals surface area contributed by atoms with Crippen LogP contribution in [0.3, 0.4) is 0 Å². The quantitative estimate of drug-likeness (QED) is 0.700. The Morgan fingerprint density at radius 3 is 2.48 bits per heavy atom. The molecular weight excluding hydrogens is 433 g/mol. The van der Waals surface area contributed by atoms with Gasteiger partial charge in [-0.3, -0.25) is 4.68 Å². The summed E-state index contributed by atoms with van der Waals surface area (Å²) in [4.78, 5) is 13.6. The number of likely N-dealkylation sites (N-methyl/N-ethyl adjacent to an activating group) is 1. The Hall–Kier alpha value is -1.61. The number of hydrogen-bond acceptors (Lipinski definition) is 4. The van der Waals surface area contributed by atoms with Crippen molar-refractivity contribution in [2.75, 3.05) is 13.6 Å². The van der Waals surface area contributed by atoms with E-state index in [1.807, 2.05) is 63.4 Å². The summed E-state index contributed by atoms with van der Waals surface area (Å²) >= 11 is 2.13. The van der Waals surface area contributed by atoms with Crippen LogP contribution in [0.2, 0.25) is 0 Å². The lowest BCUT2D eigenvalue weighted by atomic mass is 10.0. The van der Waals surface area contributed by atoms with Crippen LogP contribution in [0.15, 0.2) is 42.6 Å². The molecule has 0 saturated heterocycles. The van der Waals surface area contributed by atoms with Gasteiger partial charge >= 0.3 is 6.09 Å². The molecule has 1 amide bonds. The van der Waals surface area contributed by atoms with Crippen LogP contribution < -0.4 is 0 Å². The summed E-state index contributed by atoms with van der Waals surface area (Å²) in [5.41, 5.74) is 0.347. The zero-order valence-corrected chi connectivity index (χ0v) is 17.0. The van der Waals surface area contributed by atoms with E-state index in [0.717, 1.165) is 9.26 Å². The predicted molar refractivity (Wildman–Crippen MR) is 104 cm³/mol. The predicted octanol–water partition coefficient (Wildman–Crippen LogP) is 3.30. The molecule has 1 aromatic carbocycles. The lowest BCUT2D eigenvalue weighted by molar-refractivity contribution is 0.0160. The minimum Gasteiger partial charge on any atom is -0.444 e. The molecule has 0 saturated carbocycles. The summed E-state index contributed by atoms with van der Waals surface area (Å²) in [6, 6.07) is 11.1. The molecule has 6 nitrogen and oxygen atoms in total. The van der Waals surface area contributed by atoms with Gasteiger partial charge in [0.2, 0.25) is 0 Å². The fraction of sp³-hybridized carbons (Fsp3) is 0.444. The number of halogens is 1. The number of aromatic nitrogens is 2. The van der Waals surface area contributed by atoms with Crippen molar-refractivity contribution in [3.63, 3.8) is 0 Å². The minimum atomic E-state index is -0.837. The van der Waals surface area contributed by atoms with E-state index in [1.165, 1.54) is 4.90 Å². The van der Waals surface area contributed by atoms with Gasteiger partial charge in [-0.05, 0) is 55.0 Å². The molecule has 0 radical (unpaired) electrons. The van der Waals surface area contributed by atoms with Gasteiger partial charge in [-0.15, -0.1) is 0 Å². The van der Waals surface area contributed by atoms with Gasteiger partial charge in [-0.2, -0.15) is 5.10 Å². The van der Waals surface area contributed by atoms with Crippen LogP contribution in [0.5, 0.6) is 0 Å². The van der Waals surface area contributed by atoms with Crippen LogP contribution in [0.1, 0.15) is 32.4 Å². The number of carbonyl (C=O) groups excluding carboxylic acids is 1. The van der Waals surface area contributed by atoms with Crippen LogP contribution in [-0.2, 0) is 4.74 Å². The van der Waals surface area contributed by atoms with E-state index in [-0.39, 0.29) is 6.54 Å². The maximum Gasteiger partial charge on any atom is 0.410 e. The number of carbonyl (C=O) groups is 1. The Morgan fingerprint density at radius 2 is 1.96 bits per heavy atom. The third-order valence-corrected chi connectivity index (χ3v) is 4.11. The topological polar surface area (TPSA) is 67.6 Å². The van der Waals surface area contributed by atoms with Crippen LogP contribution >= 0.6 is 22.6 Å². The van der Waals surface area contributed by atoms with Crippen LogP contribution in [0.4, 0.5) is 4.79 Å². The van der Waals surface area contributed by atoms with E-state index >= 15 is 0 Å². The average molecular weight is 457 g/mol. The van der Waals surface area contributed by atoms with Crippen molar-refractivity contribution in [1.29, 1.82) is 0 Å². The number of aliphatic hydroxyl groups excluding tert-OH is 1. The molecule has 136 valence electrons. The van der Waals surface area contributed by atoms with E-state index in [2.05, 4.69) is 27.7 Å². The van der Waals surface area contributed by atoms with Gasteiger partial charge in [0.15, 0.2) is 0 Å². The lowest BCUT2D eigenvalue weighted by Crippen LogP contribution is -2.41. The Kier molecular flexibility index (Phi) is 6.45. The second kappa shape index (κ2) is 8.18. The number of amides is 1. The molecule has 1 heterocycles. The molecule has 0 aliphatic rings. The maximum atomic E-state index is 12.2. The first-order valence-corrected chi connectivity index (χ1v) is 9.13. The van der Waals surface area contributed by atoms with Crippen molar-refractivity contribution in [1.82, 2.24) is 14.7 Å². The molecule has 1 N–H and O–H groups in total. The molecule has 0 spiro atoms. The zero-order chi connectivity index (χ0) is 18.6. The van der Waals surface area contributed by atoms with E-state index in [9.17, 15) is 9.90 Å². The van der Waals surface area contributed by atoms with E-state index in [1.54, 1.807) is 11.7 Å². The normalized spacial score (nSPS) is 14.0. The Bertz CT molecular complexity index is 697. The van der Waals surface area contributed by atoms with Gasteiger partial charge < -0.3 is 14.7 Å². The summed E-state index contributed by atoms with van der Waals surface area (Å²) in [6.07, 6.45) is 0.528. The Morgan fingerprint density at radius 1 is 1.32 bits per heavy atom. The van der Waals surface area contributed by atoms with Gasteiger partial charge in [0.1, 0.15) is 15.3 Å². The summed E-state index contributed by atoms with van der Waals surface area (Å²) in [7, 11) is 1.62. The highest BCUT2D eigenvalue weighted by atomic mass is 127. The SMILES string of the molecule is CN(CC(O)C(c1ccccc1)n1ccc(I)n1)C(=O)OC(C)(C)C. The van der Waals surface area contributed by atoms with Gasteiger partial charge in [0.05, 0.1) is 12.6 Å². The van der Waals surface area contributed by atoms with E-state index in [4.69, 9.17) is 4.74 Å². The summed E-state index contributed by atoms with van der Waals surface area (Å²) in [5.74, 6) is 0. The molecule has 0 fully saturated rings. The van der Waals surface area contributed by atoms with Crippen molar-refractivity contribution in [3.05, 3.63) is 51.9 Å². The molecule has 1 aromatic heterocycles. The number of aliphatic hydroxyl groups is 1. The highest BCUT2D eigenvalue weighted by Gasteiger charge is 2.28. The van der Waals surface area contributed by atoms with Gasteiger partial charge in [0.25, 0.3) is 0 Å². The number of benzene rings is 1. The van der Waals surface area contributed by atoms with Crippen molar-refractivity contribution < 1.29 is 14.6 Å². The van der Waals surface area contributed by atoms with Crippen LogP contribution in [-0.4, -0.2) is 51.2 Å². The molecule has 0 aliphatic carbocycles. The number of nitrogens with zero attached hydrogens (tertiary/aromatic N) is 3. The first kappa shape index (κ1) is 19.7. The molecule has 2 rings (SSSR count). The number of rotatable bonds is 5. The summed E-state index contributed by atoms with van der Waals surface area (Å²) < 4.78 is 7.91. The standard InChI is InChI=1S/C18H24IN3O3/c1-18(2,3)25-17(24)21(4)12-14(23)16(13-8-6-5-7-9-13)22-11-10-15(19)20-22/h5-11,14,16,23H,12H2,1-4H3. The average Bonchev–Trinajstić information content (AvgIpc) is 2.93. The largest absolute Gasteiger partial charge is 0.444 e. The van der Waals surface area contributed by atoms with Crippen LogP contribution in [0, 0.1) is 3.70 Å². The molecule has 25 heavy (non-hydrogen) atoms. The lowest BCUT2D eigenvalue weighted by Gasteiger charge is -2.29. The third-order valence-electron chi connectivity index (χ3n) is 3.53. The third kappa shape index (κ3) is 5.71. The van der Waals surface area contributed by atoms with Gasteiger partial charge in [0, 0.05) is 13.2 Å². The Balaban J connectivity index is 2.19. The highest BCUT2D eigenvalue weighted by Crippen LogP contribution is 2.23. The highest BCUT2D eigenvalue weighted by molar-refractivity contribution is 14.1. The molecular formula is C18H24IN3O3. The van der Waals surface area contributed by atoms with Gasteiger partial charge in [-0.1, -0.05) is 30.3 Å². The molecule has 7 heteroatoms. The summed E-state index contributed by atoms with van der Waals surface area (Å²) in [6.45, 7) is 5.57. The second-order valence-electron chi connectivity index (χ2n) is 6.90. The minimum absolute atomic E-state index is 0.130. The first-order valence-electron chi connectivity index (χ1n) is 8.05. The zero-order valence-electron chi connectivity index (χ0n) is 14.9. The Labute approximate surface area is 161 Å². The molecule has 2 atom stereocenters. The number of ether oxygens (including phenoxy) is 1. The van der Waals surface area contributed by atoms with Crippen LogP contribution in [0.25, 0.3) is 0 Å². The molecule has 2 aromatic rings. The molecule has 0 aliphatic heterocycles. The van der Waals surface area contributed by atoms with Crippen molar-refractivity contribution in [2.24, 2.45) is 0 Å². The monoisotopic (exact) mass is 457 g/mol. The van der Waals surface area contributed by atoms with Crippen molar-refractivity contribution >= 4 is 28.7 Å². The van der Waals surface area contributed by atoms with E-state index < -0.39 is 23.8 Å². The fourth-order valence-electron chi connectivity index (χ4n) is 2.47. The maximum absolute atomic E-state index is 12.2. The van der Waals surface area contributed by atoms with Crippen molar-refractivity contribution in [2.45, 2.75) is 38.5 Å². The second-order valence-corrected chi connectivity index (χ2v) is 8.01. The van der Waals surface area contributed by atoms with Gasteiger partial charge in [-0.25, -0.2) is 4.79 Å². The van der Waals surface area contributed by atoms with E-state index in [0.29, 0.717) is 0 Å². The van der Waals surface area contributed by atoms with Crippen molar-refractivity contribution in [3.8, 4) is 0 Å². The molecule has 2 unspecified atom stereocenters. The smallest absolute Gasteiger partial charge is 0.410 e. The first-order chi connectivity index (χ1) is 11.7. The fourth-order valence-corrected chi connectivity index (χ4v) is 2.88. The molecule has 0 bridgehead atoms. The summed E-state index contributed by atoms with van der Waals surface area (Å²) in [5, 5.41) is 15.3. The number of hydrogen-bond donors (Lipinski definition) is 1.